The van der Waals surface area contributed by atoms with Crippen LogP contribution in [0.3, 0.4) is 0 Å². The molecule has 5 heteroatoms. The van der Waals surface area contributed by atoms with E-state index >= 15 is 0 Å². The van der Waals surface area contributed by atoms with Crippen LogP contribution in [0.1, 0.15) is 30.6 Å². The third-order valence-electron chi connectivity index (χ3n) is 4.15. The van der Waals surface area contributed by atoms with Crippen molar-refractivity contribution < 1.29 is 0 Å². The van der Waals surface area contributed by atoms with E-state index in [1.807, 2.05) is 0 Å². The summed E-state index contributed by atoms with van der Waals surface area (Å²) in [6, 6.07) is 4.84. The number of nitrogens with one attached hydrogen (secondary N) is 1. The molecule has 0 saturated heterocycles. The molecule has 0 bridgehead atoms. The van der Waals surface area contributed by atoms with Crippen LogP contribution in [0.15, 0.2) is 22.5 Å². The summed E-state index contributed by atoms with van der Waals surface area (Å²) in [5.41, 5.74) is 5.92. The minimum absolute atomic E-state index is 0. The number of rotatable bonds is 5. The molecule has 3 rings (SSSR count). The van der Waals surface area contributed by atoms with E-state index in [4.69, 9.17) is 5.73 Å². The molecule has 3 N–H and O–H groups in total. The van der Waals surface area contributed by atoms with Crippen molar-refractivity contribution in [2.75, 3.05) is 6.54 Å². The van der Waals surface area contributed by atoms with Crippen molar-refractivity contribution in [2.24, 2.45) is 22.6 Å². The molecule has 106 valence electrons. The van der Waals surface area contributed by atoms with Gasteiger partial charge in [0.15, 0.2) is 5.96 Å². The summed E-state index contributed by atoms with van der Waals surface area (Å²) in [6.45, 7) is 0.792. The van der Waals surface area contributed by atoms with Crippen LogP contribution in [0.5, 0.6) is 0 Å². The first-order valence-electron chi connectivity index (χ1n) is 6.92. The Labute approximate surface area is 136 Å². The third-order valence-corrected chi connectivity index (χ3v) is 5.09. The normalized spacial score (nSPS) is 26.4. The van der Waals surface area contributed by atoms with E-state index in [0.29, 0.717) is 12.0 Å². The zero-order valence-corrected chi connectivity index (χ0v) is 14.2. The largest absolute Gasteiger partial charge is 0.370 e. The zero-order chi connectivity index (χ0) is 12.4. The molecular weight excluding hydrogens is 369 g/mol. The first kappa shape index (κ1) is 15.1. The van der Waals surface area contributed by atoms with E-state index < -0.39 is 0 Å². The third kappa shape index (κ3) is 4.08. The molecule has 19 heavy (non-hydrogen) atoms. The fourth-order valence-corrected chi connectivity index (χ4v) is 3.44. The van der Waals surface area contributed by atoms with Gasteiger partial charge in [-0.05, 0) is 29.7 Å². The van der Waals surface area contributed by atoms with Crippen molar-refractivity contribution in [1.82, 2.24) is 5.32 Å². The van der Waals surface area contributed by atoms with Crippen LogP contribution < -0.4 is 11.1 Å². The summed E-state index contributed by atoms with van der Waals surface area (Å²) in [4.78, 5) is 5.79. The first-order chi connectivity index (χ1) is 8.83. The van der Waals surface area contributed by atoms with E-state index in [9.17, 15) is 0 Å². The van der Waals surface area contributed by atoms with Gasteiger partial charge in [0.05, 0.1) is 0 Å². The fraction of sp³-hybridized carbons (Fsp3) is 0.643. The number of halogens is 1. The number of thiophene rings is 1. The van der Waals surface area contributed by atoms with Crippen LogP contribution in [-0.4, -0.2) is 18.5 Å². The molecule has 2 atom stereocenters. The average molecular weight is 391 g/mol. The Bertz CT molecular complexity index is 414. The maximum Gasteiger partial charge on any atom is 0.188 e. The van der Waals surface area contributed by atoms with Gasteiger partial charge >= 0.3 is 0 Å². The van der Waals surface area contributed by atoms with Crippen molar-refractivity contribution in [3.8, 4) is 0 Å². The van der Waals surface area contributed by atoms with E-state index in [-0.39, 0.29) is 24.0 Å². The minimum Gasteiger partial charge on any atom is -0.370 e. The lowest BCUT2D eigenvalue weighted by molar-refractivity contribution is 0.271. The molecule has 0 aliphatic heterocycles. The zero-order valence-electron chi connectivity index (χ0n) is 11.0. The number of hydrogen-bond acceptors (Lipinski definition) is 2. The predicted octanol–water partition coefficient (Wildman–Crippen LogP) is 3.00. The molecular formula is C14H22IN3S. The minimum atomic E-state index is 0. The molecule has 2 aliphatic carbocycles. The lowest BCUT2D eigenvalue weighted by Gasteiger charge is -2.25. The lowest BCUT2D eigenvalue weighted by Crippen LogP contribution is -2.35. The molecule has 2 saturated carbocycles. The highest BCUT2D eigenvalue weighted by Crippen LogP contribution is 2.46. The van der Waals surface area contributed by atoms with Crippen LogP contribution in [0, 0.1) is 11.8 Å². The quantitative estimate of drug-likeness (QED) is 0.461. The van der Waals surface area contributed by atoms with E-state index in [2.05, 4.69) is 27.8 Å². The standard InChI is InChI=1S/C14H21N3S.HI/c15-14(16-7-6-11-5-2-8-18-11)17-13-9-12(13)10-3-1-4-10;/h2,5,8,10,12-13H,1,3-4,6-7,9H2,(H3,15,16,17);1H/t12-,13+;/m0./s1. The van der Waals surface area contributed by atoms with Gasteiger partial charge in [-0.15, -0.1) is 35.3 Å². The Morgan fingerprint density at radius 3 is 2.95 bits per heavy atom. The highest BCUT2D eigenvalue weighted by molar-refractivity contribution is 14.0. The Hall–Kier alpha value is -0.300. The molecule has 0 spiro atoms. The van der Waals surface area contributed by atoms with Gasteiger partial charge in [0.1, 0.15) is 0 Å². The lowest BCUT2D eigenvalue weighted by atomic mass is 9.81. The fourth-order valence-electron chi connectivity index (χ4n) is 2.75. The second-order valence-corrected chi connectivity index (χ2v) is 6.47. The number of nitrogens with two attached hydrogens (primary N) is 1. The highest BCUT2D eigenvalue weighted by atomic mass is 127. The second-order valence-electron chi connectivity index (χ2n) is 5.44. The van der Waals surface area contributed by atoms with Crippen LogP contribution in [0.2, 0.25) is 0 Å². The maximum absolute atomic E-state index is 5.92. The molecule has 2 fully saturated rings. The average Bonchev–Trinajstić information content (AvgIpc) is 2.81. The molecule has 1 aromatic rings. The van der Waals surface area contributed by atoms with Gasteiger partial charge in [-0.1, -0.05) is 25.3 Å². The SMILES string of the molecule is I.NC(=NCCc1cccs1)N[C@@H]1C[C@H]1C1CCC1. The number of guanidine groups is 1. The summed E-state index contributed by atoms with van der Waals surface area (Å²) in [6.07, 6.45) is 6.58. The van der Waals surface area contributed by atoms with Gasteiger partial charge in [0.2, 0.25) is 0 Å². The van der Waals surface area contributed by atoms with Crippen LogP contribution in [-0.2, 0) is 6.42 Å². The van der Waals surface area contributed by atoms with Crippen molar-refractivity contribution >= 4 is 41.3 Å². The predicted molar refractivity (Wildman–Crippen MR) is 92.3 cm³/mol. The summed E-state index contributed by atoms with van der Waals surface area (Å²) in [7, 11) is 0. The van der Waals surface area contributed by atoms with Gasteiger partial charge in [0.25, 0.3) is 0 Å². The Morgan fingerprint density at radius 1 is 1.47 bits per heavy atom. The Morgan fingerprint density at radius 2 is 2.32 bits per heavy atom. The van der Waals surface area contributed by atoms with E-state index in [1.165, 1.54) is 30.6 Å². The van der Waals surface area contributed by atoms with Crippen LogP contribution >= 0.6 is 35.3 Å². The number of aliphatic imine (C=N–C) groups is 1. The molecule has 1 aromatic heterocycles. The molecule has 0 radical (unpaired) electrons. The first-order valence-corrected chi connectivity index (χ1v) is 7.80. The summed E-state index contributed by atoms with van der Waals surface area (Å²) >= 11 is 1.79. The topological polar surface area (TPSA) is 50.4 Å². The van der Waals surface area contributed by atoms with Crippen molar-refractivity contribution in [2.45, 2.75) is 38.1 Å². The monoisotopic (exact) mass is 391 g/mol. The van der Waals surface area contributed by atoms with Crippen molar-refractivity contribution in [1.29, 1.82) is 0 Å². The molecule has 0 unspecified atom stereocenters. The van der Waals surface area contributed by atoms with Gasteiger partial charge in [-0.3, -0.25) is 4.99 Å². The Kier molecular flexibility index (Phi) is 5.50. The molecule has 2 aliphatic rings. The molecule has 3 nitrogen and oxygen atoms in total. The Balaban J connectivity index is 0.00000133. The highest BCUT2D eigenvalue weighted by Gasteiger charge is 2.45. The van der Waals surface area contributed by atoms with Crippen molar-refractivity contribution in [3.63, 3.8) is 0 Å². The van der Waals surface area contributed by atoms with E-state index in [0.717, 1.165) is 24.8 Å². The van der Waals surface area contributed by atoms with Crippen LogP contribution in [0.4, 0.5) is 0 Å². The number of hydrogen-bond donors (Lipinski definition) is 2. The van der Waals surface area contributed by atoms with Gasteiger partial charge < -0.3 is 11.1 Å². The summed E-state index contributed by atoms with van der Waals surface area (Å²) in [5.74, 6) is 2.49. The van der Waals surface area contributed by atoms with Crippen LogP contribution in [0.25, 0.3) is 0 Å². The summed E-state index contributed by atoms with van der Waals surface area (Å²) < 4.78 is 0. The van der Waals surface area contributed by atoms with Gasteiger partial charge in [-0.25, -0.2) is 0 Å². The molecule has 0 aromatic carbocycles. The number of nitrogens with zero attached hydrogens (tertiary/aromatic N) is 1. The second kappa shape index (κ2) is 6.92. The van der Waals surface area contributed by atoms with Crippen molar-refractivity contribution in [3.05, 3.63) is 22.4 Å². The molecule has 1 heterocycles. The van der Waals surface area contributed by atoms with Gasteiger partial charge in [0, 0.05) is 23.9 Å². The van der Waals surface area contributed by atoms with Gasteiger partial charge in [-0.2, -0.15) is 0 Å². The van der Waals surface area contributed by atoms with E-state index in [1.54, 1.807) is 11.3 Å². The summed E-state index contributed by atoms with van der Waals surface area (Å²) in [5, 5.41) is 5.47. The molecule has 0 amide bonds. The maximum atomic E-state index is 5.92. The smallest absolute Gasteiger partial charge is 0.188 e.